The molecule has 5 nitrogen and oxygen atoms in total. The molecule has 1 aromatic carbocycles. The van der Waals surface area contributed by atoms with E-state index in [1.54, 1.807) is 4.90 Å². The van der Waals surface area contributed by atoms with Crippen molar-refractivity contribution in [2.45, 2.75) is 6.54 Å². The average Bonchev–Trinajstić information content (AvgIpc) is 2.58. The fraction of sp³-hybridized carbons (Fsp3) is 0.250. The van der Waals surface area contributed by atoms with Crippen LogP contribution in [0.3, 0.4) is 0 Å². The molecular weight excluding hydrogens is 252 g/mol. The Morgan fingerprint density at radius 2 is 2.00 bits per heavy atom. The first-order valence-corrected chi connectivity index (χ1v) is 5.84. The highest BCUT2D eigenvalue weighted by atomic mass is 32.1. The van der Waals surface area contributed by atoms with Gasteiger partial charge in [-0.2, -0.15) is 0 Å². The van der Waals surface area contributed by atoms with Crippen molar-refractivity contribution in [3.63, 3.8) is 0 Å². The molecule has 1 aliphatic rings. The molecule has 0 bridgehead atoms. The summed E-state index contributed by atoms with van der Waals surface area (Å²) in [6.45, 7) is 0.283. The summed E-state index contributed by atoms with van der Waals surface area (Å²) in [5, 5.41) is 9.00. The number of thiocarbonyl (C=S) groups is 1. The second-order valence-electron chi connectivity index (χ2n) is 4.00. The minimum atomic E-state index is -1.06. The smallest absolute Gasteiger partial charge is 0.323 e. The average molecular weight is 264 g/mol. The van der Waals surface area contributed by atoms with Crippen molar-refractivity contribution in [1.29, 1.82) is 0 Å². The van der Waals surface area contributed by atoms with Crippen molar-refractivity contribution in [2.75, 3.05) is 13.1 Å². The monoisotopic (exact) mass is 264 g/mol. The predicted molar refractivity (Wildman–Crippen MR) is 68.8 cm³/mol. The number of benzene rings is 1. The van der Waals surface area contributed by atoms with E-state index in [-0.39, 0.29) is 24.1 Å². The molecule has 94 valence electrons. The maximum atomic E-state index is 11.7. The van der Waals surface area contributed by atoms with E-state index in [4.69, 9.17) is 17.3 Å². The van der Waals surface area contributed by atoms with Gasteiger partial charge in [0.05, 0.1) is 0 Å². The molecule has 0 saturated carbocycles. The molecular formula is C12H12N2O3S. The number of nitrogens with zero attached hydrogens (tertiary/aromatic N) is 2. The zero-order chi connectivity index (χ0) is 13.1. The van der Waals surface area contributed by atoms with Gasteiger partial charge in [0.25, 0.3) is 0 Å². The molecule has 1 aromatic rings. The third-order valence-corrected chi connectivity index (χ3v) is 3.12. The second-order valence-corrected chi connectivity index (χ2v) is 4.36. The number of carboxylic acid groups (broad SMARTS) is 1. The van der Waals surface area contributed by atoms with Crippen LogP contribution in [0.2, 0.25) is 0 Å². The summed E-state index contributed by atoms with van der Waals surface area (Å²) in [5.74, 6) is -1.33. The maximum Gasteiger partial charge on any atom is 0.323 e. The quantitative estimate of drug-likeness (QED) is 0.811. The van der Waals surface area contributed by atoms with Crippen LogP contribution in [0.1, 0.15) is 5.56 Å². The van der Waals surface area contributed by atoms with E-state index >= 15 is 0 Å². The first kappa shape index (κ1) is 12.5. The Balaban J connectivity index is 2.06. The van der Waals surface area contributed by atoms with E-state index < -0.39 is 5.97 Å². The van der Waals surface area contributed by atoms with Crippen LogP contribution in [-0.2, 0) is 16.1 Å². The van der Waals surface area contributed by atoms with Gasteiger partial charge in [-0.1, -0.05) is 30.3 Å². The fourth-order valence-corrected chi connectivity index (χ4v) is 2.11. The highest BCUT2D eigenvalue weighted by Gasteiger charge is 2.33. The number of hydrogen-bond donors (Lipinski definition) is 1. The molecule has 0 unspecified atom stereocenters. The SMILES string of the molecule is O=C(O)CN1C(=O)CN(Cc2ccccc2)C1=S. The Morgan fingerprint density at radius 3 is 2.61 bits per heavy atom. The molecule has 1 fully saturated rings. The van der Waals surface area contributed by atoms with Crippen LogP contribution in [-0.4, -0.2) is 45.0 Å². The molecule has 1 N–H and O–H groups in total. The molecule has 18 heavy (non-hydrogen) atoms. The van der Waals surface area contributed by atoms with E-state index in [0.717, 1.165) is 10.5 Å². The van der Waals surface area contributed by atoms with E-state index in [1.165, 1.54) is 0 Å². The molecule has 0 aliphatic carbocycles. The first-order valence-electron chi connectivity index (χ1n) is 5.43. The maximum absolute atomic E-state index is 11.7. The zero-order valence-corrected chi connectivity index (χ0v) is 10.4. The van der Waals surface area contributed by atoms with E-state index in [2.05, 4.69) is 0 Å². The third kappa shape index (κ3) is 2.65. The third-order valence-electron chi connectivity index (χ3n) is 2.64. The number of carboxylic acids is 1. The van der Waals surface area contributed by atoms with Gasteiger partial charge < -0.3 is 10.0 Å². The largest absolute Gasteiger partial charge is 0.480 e. The molecule has 1 aliphatic heterocycles. The van der Waals surface area contributed by atoms with E-state index in [9.17, 15) is 9.59 Å². The number of aliphatic carboxylic acids is 1. The van der Waals surface area contributed by atoms with Crippen LogP contribution < -0.4 is 0 Å². The molecule has 6 heteroatoms. The molecule has 0 spiro atoms. The van der Waals surface area contributed by atoms with Crippen molar-refractivity contribution in [2.24, 2.45) is 0 Å². The number of amides is 1. The van der Waals surface area contributed by atoms with Crippen molar-refractivity contribution >= 4 is 29.2 Å². The van der Waals surface area contributed by atoms with Gasteiger partial charge in [0, 0.05) is 6.54 Å². The summed E-state index contributed by atoms with van der Waals surface area (Å²) in [6, 6.07) is 9.60. The highest BCUT2D eigenvalue weighted by molar-refractivity contribution is 7.80. The highest BCUT2D eigenvalue weighted by Crippen LogP contribution is 2.14. The molecule has 1 heterocycles. The lowest BCUT2D eigenvalue weighted by Gasteiger charge is -2.19. The van der Waals surface area contributed by atoms with Gasteiger partial charge in [0.2, 0.25) is 5.91 Å². The number of carbonyl (C=O) groups is 2. The topological polar surface area (TPSA) is 60.9 Å². The standard InChI is InChI=1S/C12H12N2O3S/c15-10-7-13(6-9-4-2-1-3-5-9)12(18)14(10)8-11(16)17/h1-5H,6-8H2,(H,16,17). The van der Waals surface area contributed by atoms with Crippen LogP contribution in [0.25, 0.3) is 0 Å². The Bertz CT molecular complexity index is 489. The Kier molecular flexibility index (Phi) is 3.57. The molecule has 2 rings (SSSR count). The summed E-state index contributed by atoms with van der Waals surface area (Å²) in [6.07, 6.45) is 0. The van der Waals surface area contributed by atoms with E-state index in [0.29, 0.717) is 6.54 Å². The lowest BCUT2D eigenvalue weighted by atomic mass is 10.2. The molecule has 0 radical (unpaired) electrons. The van der Waals surface area contributed by atoms with Crippen molar-refractivity contribution in [3.05, 3.63) is 35.9 Å². The van der Waals surface area contributed by atoms with Gasteiger partial charge >= 0.3 is 5.97 Å². The summed E-state index contributed by atoms with van der Waals surface area (Å²) < 4.78 is 0. The first-order chi connectivity index (χ1) is 8.58. The number of hydrogen-bond acceptors (Lipinski definition) is 3. The van der Waals surface area contributed by atoms with Gasteiger partial charge in [-0.25, -0.2) is 0 Å². The minimum Gasteiger partial charge on any atom is -0.480 e. The molecule has 0 atom stereocenters. The van der Waals surface area contributed by atoms with Gasteiger partial charge in [-0.15, -0.1) is 0 Å². The Labute approximate surface area is 110 Å². The van der Waals surface area contributed by atoms with Crippen molar-refractivity contribution in [1.82, 2.24) is 9.80 Å². The number of rotatable bonds is 4. The van der Waals surface area contributed by atoms with Crippen LogP contribution in [0.4, 0.5) is 0 Å². The van der Waals surface area contributed by atoms with Gasteiger partial charge in [0.1, 0.15) is 13.1 Å². The molecule has 1 saturated heterocycles. The minimum absolute atomic E-state index is 0.140. The summed E-state index contributed by atoms with van der Waals surface area (Å²) >= 11 is 5.12. The predicted octanol–water partition coefficient (Wildman–Crippen LogP) is 0.700. The summed E-state index contributed by atoms with van der Waals surface area (Å²) in [5.41, 5.74) is 1.03. The van der Waals surface area contributed by atoms with Crippen LogP contribution in [0.15, 0.2) is 30.3 Å². The Hall–Kier alpha value is -1.95. The molecule has 1 amide bonds. The van der Waals surface area contributed by atoms with Crippen molar-refractivity contribution in [3.8, 4) is 0 Å². The van der Waals surface area contributed by atoms with Crippen LogP contribution >= 0.6 is 12.2 Å². The van der Waals surface area contributed by atoms with Gasteiger partial charge in [-0.3, -0.25) is 14.5 Å². The van der Waals surface area contributed by atoms with Crippen LogP contribution in [0.5, 0.6) is 0 Å². The van der Waals surface area contributed by atoms with Gasteiger partial charge in [0.15, 0.2) is 5.11 Å². The normalized spacial score (nSPS) is 15.3. The van der Waals surface area contributed by atoms with Gasteiger partial charge in [-0.05, 0) is 17.8 Å². The molecule has 0 aromatic heterocycles. The van der Waals surface area contributed by atoms with Crippen LogP contribution in [0, 0.1) is 0 Å². The van der Waals surface area contributed by atoms with E-state index in [1.807, 2.05) is 30.3 Å². The lowest BCUT2D eigenvalue weighted by molar-refractivity contribution is -0.140. The lowest BCUT2D eigenvalue weighted by Crippen LogP contribution is -2.36. The van der Waals surface area contributed by atoms with Crippen molar-refractivity contribution < 1.29 is 14.7 Å². The number of carbonyl (C=O) groups excluding carboxylic acids is 1. The zero-order valence-electron chi connectivity index (χ0n) is 9.57. The summed E-state index contributed by atoms with van der Waals surface area (Å²) in [7, 11) is 0. The fourth-order valence-electron chi connectivity index (χ4n) is 1.81. The summed E-state index contributed by atoms with van der Waals surface area (Å²) in [4.78, 5) is 25.1. The second kappa shape index (κ2) is 5.14. The Morgan fingerprint density at radius 1 is 1.33 bits per heavy atom.